The lowest BCUT2D eigenvalue weighted by atomic mass is 10.1. The van der Waals surface area contributed by atoms with Crippen LogP contribution in [0.2, 0.25) is 0 Å². The Hall–Kier alpha value is -0.380. The van der Waals surface area contributed by atoms with Crippen LogP contribution < -0.4 is 0 Å². The van der Waals surface area contributed by atoms with E-state index in [4.69, 9.17) is 4.74 Å². The molecular formula is C11H14BrNO. The van der Waals surface area contributed by atoms with Gasteiger partial charge in [0, 0.05) is 11.0 Å². The van der Waals surface area contributed by atoms with Crippen molar-refractivity contribution in [2.75, 3.05) is 26.8 Å². The van der Waals surface area contributed by atoms with Gasteiger partial charge in [-0.25, -0.2) is 0 Å². The van der Waals surface area contributed by atoms with Crippen molar-refractivity contribution < 1.29 is 4.74 Å². The predicted octanol–water partition coefficient (Wildman–Crippen LogP) is 2.45. The maximum atomic E-state index is 5.49. The lowest BCUT2D eigenvalue weighted by Gasteiger charge is -2.32. The van der Waals surface area contributed by atoms with Crippen LogP contribution in [0.15, 0.2) is 28.7 Å². The van der Waals surface area contributed by atoms with Gasteiger partial charge in [0.25, 0.3) is 0 Å². The standard InChI is InChI=1S/C11H14BrNO/c1-13-5-6-14-8-11(13)9-3-2-4-10(12)7-9/h2-4,7,11H,5-6,8H2,1H3. The molecule has 0 N–H and O–H groups in total. The van der Waals surface area contributed by atoms with E-state index in [0.717, 1.165) is 24.2 Å². The van der Waals surface area contributed by atoms with Crippen LogP contribution in [0.5, 0.6) is 0 Å². The third kappa shape index (κ3) is 2.16. The molecule has 1 unspecified atom stereocenters. The largest absolute Gasteiger partial charge is 0.378 e. The van der Waals surface area contributed by atoms with E-state index in [1.54, 1.807) is 0 Å². The average Bonchev–Trinajstić information content (AvgIpc) is 2.18. The number of benzene rings is 1. The zero-order valence-corrected chi connectivity index (χ0v) is 9.83. The van der Waals surface area contributed by atoms with Crippen molar-refractivity contribution in [1.29, 1.82) is 0 Å². The van der Waals surface area contributed by atoms with Gasteiger partial charge in [-0.15, -0.1) is 0 Å². The third-order valence-electron chi connectivity index (χ3n) is 2.63. The zero-order chi connectivity index (χ0) is 9.97. The number of rotatable bonds is 1. The van der Waals surface area contributed by atoms with Crippen LogP contribution in [0.25, 0.3) is 0 Å². The van der Waals surface area contributed by atoms with Crippen molar-refractivity contribution >= 4 is 15.9 Å². The molecule has 0 bridgehead atoms. The maximum absolute atomic E-state index is 5.49. The second-order valence-electron chi connectivity index (χ2n) is 3.63. The number of nitrogens with zero attached hydrogens (tertiary/aromatic N) is 1. The molecule has 1 saturated heterocycles. The van der Waals surface area contributed by atoms with Crippen LogP contribution in [-0.2, 0) is 4.74 Å². The molecule has 3 heteroatoms. The first kappa shape index (κ1) is 10.1. The normalized spacial score (nSPS) is 23.7. The van der Waals surface area contributed by atoms with Gasteiger partial charge in [-0.3, -0.25) is 4.90 Å². The first-order chi connectivity index (χ1) is 6.77. The molecule has 1 aromatic carbocycles. The van der Waals surface area contributed by atoms with Gasteiger partial charge < -0.3 is 4.74 Å². The fraction of sp³-hybridized carbons (Fsp3) is 0.455. The number of halogens is 1. The van der Waals surface area contributed by atoms with Gasteiger partial charge in [0.2, 0.25) is 0 Å². The fourth-order valence-corrected chi connectivity index (χ4v) is 2.17. The van der Waals surface area contributed by atoms with Crippen LogP contribution >= 0.6 is 15.9 Å². The lowest BCUT2D eigenvalue weighted by Crippen LogP contribution is -2.36. The van der Waals surface area contributed by atoms with E-state index in [0.29, 0.717) is 6.04 Å². The molecule has 0 aromatic heterocycles. The van der Waals surface area contributed by atoms with Gasteiger partial charge in [0.1, 0.15) is 0 Å². The van der Waals surface area contributed by atoms with Gasteiger partial charge in [-0.05, 0) is 24.7 Å². The molecule has 2 rings (SSSR count). The maximum Gasteiger partial charge on any atom is 0.0664 e. The quantitative estimate of drug-likeness (QED) is 0.765. The lowest BCUT2D eigenvalue weighted by molar-refractivity contribution is 0.00504. The minimum atomic E-state index is 0.404. The summed E-state index contributed by atoms with van der Waals surface area (Å²) in [6, 6.07) is 8.84. The van der Waals surface area contributed by atoms with Gasteiger partial charge in [-0.1, -0.05) is 28.1 Å². The molecule has 1 aromatic rings. The number of hydrogen-bond donors (Lipinski definition) is 0. The first-order valence-electron chi connectivity index (χ1n) is 4.81. The van der Waals surface area contributed by atoms with Crippen molar-refractivity contribution in [3.05, 3.63) is 34.3 Å². The highest BCUT2D eigenvalue weighted by atomic mass is 79.9. The molecule has 1 atom stereocenters. The second-order valence-corrected chi connectivity index (χ2v) is 4.54. The Morgan fingerprint density at radius 2 is 2.36 bits per heavy atom. The molecule has 0 amide bonds. The van der Waals surface area contributed by atoms with E-state index < -0.39 is 0 Å². The average molecular weight is 256 g/mol. The van der Waals surface area contributed by atoms with Gasteiger partial charge in [0.05, 0.1) is 19.3 Å². The highest BCUT2D eigenvalue weighted by Crippen LogP contribution is 2.24. The summed E-state index contributed by atoms with van der Waals surface area (Å²) in [6.45, 7) is 2.66. The Kier molecular flexibility index (Phi) is 3.21. The summed E-state index contributed by atoms with van der Waals surface area (Å²) < 4.78 is 6.62. The summed E-state index contributed by atoms with van der Waals surface area (Å²) in [7, 11) is 2.15. The molecule has 1 heterocycles. The Bertz CT molecular complexity index is 316. The predicted molar refractivity (Wildman–Crippen MR) is 60.3 cm³/mol. The molecule has 0 saturated carbocycles. The first-order valence-corrected chi connectivity index (χ1v) is 5.60. The summed E-state index contributed by atoms with van der Waals surface area (Å²) in [6.07, 6.45) is 0. The molecule has 1 aliphatic rings. The van der Waals surface area contributed by atoms with E-state index in [1.165, 1.54) is 5.56 Å². The molecule has 2 nitrogen and oxygen atoms in total. The third-order valence-corrected chi connectivity index (χ3v) is 3.12. The van der Waals surface area contributed by atoms with Crippen molar-refractivity contribution in [2.45, 2.75) is 6.04 Å². The number of likely N-dealkylation sites (N-methyl/N-ethyl adjacent to an activating group) is 1. The van der Waals surface area contributed by atoms with Crippen LogP contribution in [0.1, 0.15) is 11.6 Å². The topological polar surface area (TPSA) is 12.5 Å². The Balaban J connectivity index is 2.20. The minimum Gasteiger partial charge on any atom is -0.378 e. The Labute approximate surface area is 93.0 Å². The van der Waals surface area contributed by atoms with Crippen molar-refractivity contribution in [3.8, 4) is 0 Å². The number of morpholine rings is 1. The van der Waals surface area contributed by atoms with E-state index >= 15 is 0 Å². The van der Waals surface area contributed by atoms with E-state index in [1.807, 2.05) is 6.07 Å². The molecule has 14 heavy (non-hydrogen) atoms. The van der Waals surface area contributed by atoms with Gasteiger partial charge in [0.15, 0.2) is 0 Å². The summed E-state index contributed by atoms with van der Waals surface area (Å²) >= 11 is 3.49. The molecule has 0 aliphatic carbocycles. The summed E-state index contributed by atoms with van der Waals surface area (Å²) in [5.41, 5.74) is 1.32. The molecule has 76 valence electrons. The zero-order valence-electron chi connectivity index (χ0n) is 8.24. The van der Waals surface area contributed by atoms with Crippen LogP contribution in [0.4, 0.5) is 0 Å². The molecule has 1 aliphatic heterocycles. The number of ether oxygens (including phenoxy) is 1. The van der Waals surface area contributed by atoms with Crippen molar-refractivity contribution in [2.24, 2.45) is 0 Å². The molecule has 1 fully saturated rings. The monoisotopic (exact) mass is 255 g/mol. The van der Waals surface area contributed by atoms with Crippen LogP contribution in [-0.4, -0.2) is 31.7 Å². The molecule has 0 spiro atoms. The summed E-state index contributed by atoms with van der Waals surface area (Å²) in [5.74, 6) is 0. The minimum absolute atomic E-state index is 0.404. The van der Waals surface area contributed by atoms with E-state index in [2.05, 4.69) is 46.1 Å². The van der Waals surface area contributed by atoms with Crippen LogP contribution in [0.3, 0.4) is 0 Å². The second kappa shape index (κ2) is 4.43. The van der Waals surface area contributed by atoms with Gasteiger partial charge in [-0.2, -0.15) is 0 Å². The number of hydrogen-bond acceptors (Lipinski definition) is 2. The van der Waals surface area contributed by atoms with E-state index in [-0.39, 0.29) is 0 Å². The van der Waals surface area contributed by atoms with Gasteiger partial charge >= 0.3 is 0 Å². The fourth-order valence-electron chi connectivity index (χ4n) is 1.75. The van der Waals surface area contributed by atoms with Crippen LogP contribution in [0, 0.1) is 0 Å². The van der Waals surface area contributed by atoms with E-state index in [9.17, 15) is 0 Å². The summed E-state index contributed by atoms with van der Waals surface area (Å²) in [5, 5.41) is 0. The Morgan fingerprint density at radius 3 is 3.07 bits per heavy atom. The highest BCUT2D eigenvalue weighted by molar-refractivity contribution is 9.10. The van der Waals surface area contributed by atoms with Crippen molar-refractivity contribution in [3.63, 3.8) is 0 Å². The molecule has 0 radical (unpaired) electrons. The smallest absolute Gasteiger partial charge is 0.0664 e. The highest BCUT2D eigenvalue weighted by Gasteiger charge is 2.20. The summed E-state index contributed by atoms with van der Waals surface area (Å²) in [4.78, 5) is 2.34. The van der Waals surface area contributed by atoms with Crippen molar-refractivity contribution in [1.82, 2.24) is 4.90 Å². The SMILES string of the molecule is CN1CCOCC1c1cccc(Br)c1. The Morgan fingerprint density at radius 1 is 1.50 bits per heavy atom. The molecular weight excluding hydrogens is 242 g/mol.